The molecule has 6 nitrogen and oxygen atoms in total. The van der Waals surface area contributed by atoms with E-state index in [1.54, 1.807) is 13.0 Å². The minimum atomic E-state index is -4.46. The standard InChI is InChI=1S/C27H33F3N2O.C2H7N3.C2H6/c1-6-7-8-18(2)25-31-24(32-33-25)21-14-13-20(23(17-21)27(28,29)30)12-9-19-10-15-22(16-11-19)26(3,4)5;1-2(3)5-4;1-2/h10-11,13-18H,6-9,12H2,1-5H3;4H2,1H3,(H2,3,5);1-2H3. The van der Waals surface area contributed by atoms with E-state index in [1.807, 2.05) is 32.9 Å². The van der Waals surface area contributed by atoms with Gasteiger partial charge in [-0.05, 0) is 54.4 Å². The number of aryl methyl sites for hydroxylation is 2. The monoisotopic (exact) mass is 561 g/mol. The summed E-state index contributed by atoms with van der Waals surface area (Å²) in [5.74, 6) is 5.79. The van der Waals surface area contributed by atoms with Crippen molar-refractivity contribution in [3.63, 3.8) is 0 Å². The largest absolute Gasteiger partial charge is 0.416 e. The van der Waals surface area contributed by atoms with Gasteiger partial charge < -0.3 is 16.1 Å². The molecule has 1 unspecified atom stereocenters. The molecule has 0 saturated carbocycles. The van der Waals surface area contributed by atoms with E-state index in [0.29, 0.717) is 30.1 Å². The van der Waals surface area contributed by atoms with Crippen LogP contribution in [0.15, 0.2) is 52.1 Å². The summed E-state index contributed by atoms with van der Waals surface area (Å²) >= 11 is 0. The molecule has 0 aliphatic carbocycles. The Morgan fingerprint density at radius 3 is 2.12 bits per heavy atom. The number of hydrogen-bond acceptors (Lipinski definition) is 5. The van der Waals surface area contributed by atoms with Crippen molar-refractivity contribution in [1.82, 2.24) is 10.1 Å². The Balaban J connectivity index is 0.00000103. The van der Waals surface area contributed by atoms with Crippen LogP contribution in [0.4, 0.5) is 13.2 Å². The lowest BCUT2D eigenvalue weighted by Gasteiger charge is -2.19. The maximum absolute atomic E-state index is 13.9. The van der Waals surface area contributed by atoms with Gasteiger partial charge in [-0.15, -0.1) is 0 Å². The van der Waals surface area contributed by atoms with Gasteiger partial charge in [0.1, 0.15) is 5.84 Å². The molecule has 3 aromatic rings. The van der Waals surface area contributed by atoms with Crippen molar-refractivity contribution < 1.29 is 17.7 Å². The first-order valence-corrected chi connectivity index (χ1v) is 13.9. The predicted octanol–water partition coefficient (Wildman–Crippen LogP) is 8.40. The first kappa shape index (κ1) is 34.7. The highest BCUT2D eigenvalue weighted by Gasteiger charge is 2.34. The van der Waals surface area contributed by atoms with Crippen LogP contribution < -0.4 is 11.6 Å². The molecular formula is C31H46F3N5O. The van der Waals surface area contributed by atoms with E-state index in [-0.39, 0.29) is 22.7 Å². The smallest absolute Gasteiger partial charge is 0.386 e. The van der Waals surface area contributed by atoms with Gasteiger partial charge in [0.2, 0.25) is 11.7 Å². The van der Waals surface area contributed by atoms with Crippen LogP contribution in [-0.4, -0.2) is 16.0 Å². The molecule has 0 bridgehead atoms. The van der Waals surface area contributed by atoms with E-state index in [4.69, 9.17) is 10.3 Å². The van der Waals surface area contributed by atoms with Gasteiger partial charge >= 0.3 is 6.18 Å². The van der Waals surface area contributed by atoms with Crippen LogP contribution in [0.5, 0.6) is 0 Å². The highest BCUT2D eigenvalue weighted by atomic mass is 19.4. The number of halogens is 3. The number of hydrogen-bond donors (Lipinski definition) is 2. The van der Waals surface area contributed by atoms with Crippen LogP contribution in [0.3, 0.4) is 0 Å². The van der Waals surface area contributed by atoms with Gasteiger partial charge in [0, 0.05) is 11.5 Å². The number of hydrazone groups is 1. The number of alkyl halides is 3. The summed E-state index contributed by atoms with van der Waals surface area (Å²) in [6.07, 6.45) is -0.624. The zero-order valence-electron chi connectivity index (χ0n) is 25.2. The van der Waals surface area contributed by atoms with E-state index in [0.717, 1.165) is 30.9 Å². The van der Waals surface area contributed by atoms with E-state index in [2.05, 4.69) is 60.9 Å². The molecule has 0 saturated heterocycles. The third-order valence-corrected chi connectivity index (χ3v) is 6.23. The molecule has 0 radical (unpaired) electrons. The average Bonchev–Trinajstić information content (AvgIpc) is 3.42. The number of nitrogens with zero attached hydrogens (tertiary/aromatic N) is 3. The summed E-state index contributed by atoms with van der Waals surface area (Å²) in [5, 5.41) is 7.02. The molecular weight excluding hydrogens is 515 g/mol. The Labute approximate surface area is 237 Å². The van der Waals surface area contributed by atoms with E-state index in [1.165, 1.54) is 11.6 Å². The number of nitrogens with two attached hydrogens (primary N) is 2. The van der Waals surface area contributed by atoms with Gasteiger partial charge in [0.15, 0.2) is 0 Å². The van der Waals surface area contributed by atoms with Crippen LogP contribution >= 0.6 is 0 Å². The Morgan fingerprint density at radius 2 is 1.62 bits per heavy atom. The molecule has 0 amide bonds. The summed E-state index contributed by atoms with van der Waals surface area (Å²) in [6, 6.07) is 12.4. The number of aromatic nitrogens is 2. The van der Waals surface area contributed by atoms with Crippen molar-refractivity contribution in [2.45, 2.75) is 105 Å². The van der Waals surface area contributed by atoms with E-state index >= 15 is 0 Å². The van der Waals surface area contributed by atoms with Gasteiger partial charge in [-0.3, -0.25) is 0 Å². The summed E-state index contributed by atoms with van der Waals surface area (Å²) in [7, 11) is 0. The van der Waals surface area contributed by atoms with Crippen LogP contribution in [-0.2, 0) is 24.4 Å². The van der Waals surface area contributed by atoms with Gasteiger partial charge in [-0.25, -0.2) is 0 Å². The zero-order valence-corrected chi connectivity index (χ0v) is 25.2. The predicted molar refractivity (Wildman–Crippen MR) is 158 cm³/mol. The fourth-order valence-corrected chi connectivity index (χ4v) is 3.83. The molecule has 9 heteroatoms. The van der Waals surface area contributed by atoms with E-state index in [9.17, 15) is 13.2 Å². The second kappa shape index (κ2) is 16.0. The molecule has 3 rings (SSSR count). The molecule has 0 fully saturated rings. The SMILES string of the molecule is C/C(N)=N/N.CC.CCCCC(C)c1nc(-c2ccc(CCc3ccc(C(C)(C)C)cc3)c(C(F)(F)F)c2)no1. The average molecular weight is 562 g/mol. The molecule has 0 aliphatic rings. The van der Waals surface area contributed by atoms with Crippen molar-refractivity contribution in [1.29, 1.82) is 0 Å². The molecule has 222 valence electrons. The quantitative estimate of drug-likeness (QED) is 0.124. The molecule has 4 N–H and O–H groups in total. The highest BCUT2D eigenvalue weighted by Crippen LogP contribution is 2.35. The lowest BCUT2D eigenvalue weighted by atomic mass is 9.86. The molecule has 0 aliphatic heterocycles. The maximum atomic E-state index is 13.9. The van der Waals surface area contributed by atoms with Gasteiger partial charge in [-0.1, -0.05) is 103 Å². The van der Waals surface area contributed by atoms with Crippen LogP contribution in [0.2, 0.25) is 0 Å². The molecule has 2 aromatic carbocycles. The van der Waals surface area contributed by atoms with Crippen LogP contribution in [0.1, 0.15) is 109 Å². The first-order valence-electron chi connectivity index (χ1n) is 13.9. The molecule has 1 atom stereocenters. The Bertz CT molecular complexity index is 1170. The maximum Gasteiger partial charge on any atom is 0.416 e. The van der Waals surface area contributed by atoms with Crippen molar-refractivity contribution in [2.75, 3.05) is 0 Å². The Morgan fingerprint density at radius 1 is 1.02 bits per heavy atom. The van der Waals surface area contributed by atoms with Crippen molar-refractivity contribution in [3.8, 4) is 11.4 Å². The fraction of sp³-hybridized carbons (Fsp3) is 0.516. The van der Waals surface area contributed by atoms with Crippen LogP contribution in [0, 0.1) is 0 Å². The van der Waals surface area contributed by atoms with Gasteiger partial charge in [0.05, 0.1) is 5.56 Å². The summed E-state index contributed by atoms with van der Waals surface area (Å²) in [6.45, 7) is 16.1. The number of rotatable bonds is 8. The summed E-state index contributed by atoms with van der Waals surface area (Å²) < 4.78 is 46.9. The third kappa shape index (κ3) is 11.0. The van der Waals surface area contributed by atoms with Crippen molar-refractivity contribution in [2.24, 2.45) is 16.7 Å². The topological polar surface area (TPSA) is 103 Å². The number of benzene rings is 2. The lowest BCUT2D eigenvalue weighted by molar-refractivity contribution is -0.138. The van der Waals surface area contributed by atoms with Crippen molar-refractivity contribution in [3.05, 3.63) is 70.6 Å². The minimum Gasteiger partial charge on any atom is -0.386 e. The first-order chi connectivity index (χ1) is 18.8. The normalized spacial score (nSPS) is 12.6. The summed E-state index contributed by atoms with van der Waals surface area (Å²) in [4.78, 5) is 4.36. The summed E-state index contributed by atoms with van der Waals surface area (Å²) in [5.41, 5.74) is 7.13. The molecule has 0 spiro atoms. The van der Waals surface area contributed by atoms with E-state index < -0.39 is 11.7 Å². The van der Waals surface area contributed by atoms with Gasteiger partial charge in [-0.2, -0.15) is 23.3 Å². The Hall–Kier alpha value is -3.36. The van der Waals surface area contributed by atoms with Crippen LogP contribution in [0.25, 0.3) is 11.4 Å². The second-order valence-electron chi connectivity index (χ2n) is 10.6. The minimum absolute atomic E-state index is 0.0423. The second-order valence-corrected chi connectivity index (χ2v) is 10.6. The van der Waals surface area contributed by atoms with Gasteiger partial charge in [0.25, 0.3) is 0 Å². The Kier molecular flexibility index (Phi) is 13.9. The molecule has 1 aromatic heterocycles. The number of unbranched alkanes of at least 4 members (excludes halogenated alkanes) is 1. The molecule has 1 heterocycles. The van der Waals surface area contributed by atoms with Crippen molar-refractivity contribution >= 4 is 5.84 Å². The molecule has 40 heavy (non-hydrogen) atoms. The fourth-order valence-electron chi connectivity index (χ4n) is 3.83. The lowest BCUT2D eigenvalue weighted by Crippen LogP contribution is -2.11. The third-order valence-electron chi connectivity index (χ3n) is 6.23. The zero-order chi connectivity index (χ0) is 30.5. The highest BCUT2D eigenvalue weighted by molar-refractivity contribution is 5.76. The number of amidine groups is 1.